The topological polar surface area (TPSA) is 52.6 Å². The average Bonchev–Trinajstić information content (AvgIpc) is 2.48. The lowest BCUT2D eigenvalue weighted by molar-refractivity contribution is 0.102. The number of hydrogen-bond acceptors (Lipinski definition) is 3. The highest BCUT2D eigenvalue weighted by atomic mass is 16.3. The number of phenols is 1. The summed E-state index contributed by atoms with van der Waals surface area (Å²) < 4.78 is 0. The first kappa shape index (κ1) is 18.0. The fraction of sp³-hybridized carbons (Fsp3) is 0.350. The predicted octanol–water partition coefficient (Wildman–Crippen LogP) is 4.00. The van der Waals surface area contributed by atoms with Gasteiger partial charge < -0.3 is 15.3 Å². The first-order valence-corrected chi connectivity index (χ1v) is 8.05. The van der Waals surface area contributed by atoms with E-state index in [2.05, 4.69) is 31.0 Å². The van der Waals surface area contributed by atoms with Gasteiger partial charge in [-0.1, -0.05) is 39.0 Å². The van der Waals surface area contributed by atoms with Gasteiger partial charge >= 0.3 is 0 Å². The summed E-state index contributed by atoms with van der Waals surface area (Å²) in [6.45, 7) is 7.10. The van der Waals surface area contributed by atoms with E-state index in [4.69, 9.17) is 0 Å². The van der Waals surface area contributed by atoms with Crippen LogP contribution in [-0.4, -0.2) is 30.0 Å². The number of amides is 1. The molecule has 2 aromatic rings. The van der Waals surface area contributed by atoms with Gasteiger partial charge in [0.2, 0.25) is 0 Å². The van der Waals surface area contributed by atoms with Gasteiger partial charge in [0.1, 0.15) is 5.75 Å². The number of nitrogens with zero attached hydrogens (tertiary/aromatic N) is 1. The summed E-state index contributed by atoms with van der Waals surface area (Å²) in [7, 11) is 4.01. The summed E-state index contributed by atoms with van der Waals surface area (Å²) >= 11 is 0. The average molecular weight is 326 g/mol. The largest absolute Gasteiger partial charge is 0.506 e. The Morgan fingerprint density at radius 1 is 1.08 bits per heavy atom. The summed E-state index contributed by atoms with van der Waals surface area (Å²) in [5.41, 5.74) is 3.15. The van der Waals surface area contributed by atoms with Crippen molar-refractivity contribution in [1.29, 1.82) is 0 Å². The molecule has 1 amide bonds. The third kappa shape index (κ3) is 4.59. The summed E-state index contributed by atoms with van der Waals surface area (Å²) in [5, 5.41) is 12.8. The fourth-order valence-electron chi connectivity index (χ4n) is 2.42. The second kappa shape index (κ2) is 7.05. The number of anilines is 1. The molecular weight excluding hydrogens is 300 g/mol. The van der Waals surface area contributed by atoms with Crippen LogP contribution in [0.25, 0.3) is 0 Å². The van der Waals surface area contributed by atoms with Gasteiger partial charge in [-0.25, -0.2) is 0 Å². The van der Waals surface area contributed by atoms with Crippen LogP contribution in [0.3, 0.4) is 0 Å². The normalized spacial score (nSPS) is 11.6. The van der Waals surface area contributed by atoms with E-state index in [0.29, 0.717) is 11.3 Å². The van der Waals surface area contributed by atoms with Crippen LogP contribution in [0.5, 0.6) is 5.75 Å². The van der Waals surface area contributed by atoms with E-state index < -0.39 is 0 Å². The van der Waals surface area contributed by atoms with Gasteiger partial charge in [0, 0.05) is 12.1 Å². The van der Waals surface area contributed by atoms with E-state index in [-0.39, 0.29) is 17.1 Å². The van der Waals surface area contributed by atoms with Crippen molar-refractivity contribution in [2.45, 2.75) is 32.7 Å². The molecular formula is C20H26N2O2. The van der Waals surface area contributed by atoms with Gasteiger partial charge in [-0.15, -0.1) is 0 Å². The van der Waals surface area contributed by atoms with Crippen LogP contribution in [0, 0.1) is 0 Å². The molecule has 2 N–H and O–H groups in total. The molecule has 0 radical (unpaired) electrons. The molecule has 0 saturated heterocycles. The number of hydrogen-bond donors (Lipinski definition) is 2. The molecule has 0 atom stereocenters. The van der Waals surface area contributed by atoms with Gasteiger partial charge in [-0.05, 0) is 54.9 Å². The van der Waals surface area contributed by atoms with Crippen LogP contribution in [0.2, 0.25) is 0 Å². The van der Waals surface area contributed by atoms with E-state index in [1.54, 1.807) is 18.2 Å². The molecule has 4 heteroatoms. The van der Waals surface area contributed by atoms with Crippen molar-refractivity contribution in [2.24, 2.45) is 0 Å². The Balaban J connectivity index is 2.17. The Labute approximate surface area is 144 Å². The van der Waals surface area contributed by atoms with E-state index in [0.717, 1.165) is 17.7 Å². The van der Waals surface area contributed by atoms with Crippen molar-refractivity contribution in [3.05, 3.63) is 59.2 Å². The highest BCUT2D eigenvalue weighted by molar-refractivity contribution is 6.05. The van der Waals surface area contributed by atoms with Crippen molar-refractivity contribution in [1.82, 2.24) is 4.90 Å². The Morgan fingerprint density at radius 2 is 1.71 bits per heavy atom. The lowest BCUT2D eigenvalue weighted by Gasteiger charge is -2.20. The number of rotatable bonds is 4. The lowest BCUT2D eigenvalue weighted by Crippen LogP contribution is -2.15. The minimum Gasteiger partial charge on any atom is -0.506 e. The minimum absolute atomic E-state index is 0.0546. The molecule has 0 aliphatic heterocycles. The van der Waals surface area contributed by atoms with E-state index in [1.165, 1.54) is 0 Å². The van der Waals surface area contributed by atoms with Gasteiger partial charge in [-0.2, -0.15) is 0 Å². The number of phenolic OH excluding ortho intramolecular Hbond substituents is 1. The van der Waals surface area contributed by atoms with E-state index in [9.17, 15) is 9.90 Å². The molecule has 0 saturated carbocycles. The van der Waals surface area contributed by atoms with Gasteiger partial charge in [-0.3, -0.25) is 4.79 Å². The molecule has 0 heterocycles. The van der Waals surface area contributed by atoms with Crippen molar-refractivity contribution in [2.75, 3.05) is 19.4 Å². The maximum Gasteiger partial charge on any atom is 0.255 e. The van der Waals surface area contributed by atoms with Crippen LogP contribution < -0.4 is 5.32 Å². The SMILES string of the molecule is CN(C)Cc1ccc(C(=O)Nc2cc(C(C)(C)C)ccc2O)cc1. The smallest absolute Gasteiger partial charge is 0.255 e. The zero-order valence-corrected chi connectivity index (χ0v) is 15.1. The van der Waals surface area contributed by atoms with E-state index >= 15 is 0 Å². The molecule has 2 rings (SSSR count). The van der Waals surface area contributed by atoms with Crippen molar-refractivity contribution in [3.8, 4) is 5.75 Å². The summed E-state index contributed by atoms with van der Waals surface area (Å²) in [4.78, 5) is 14.5. The Bertz CT molecular complexity index is 713. The van der Waals surface area contributed by atoms with Gasteiger partial charge in [0.25, 0.3) is 5.91 Å². The molecule has 2 aromatic carbocycles. The summed E-state index contributed by atoms with van der Waals surface area (Å²) in [5.74, 6) is -0.159. The van der Waals surface area contributed by atoms with Gasteiger partial charge in [0.15, 0.2) is 0 Å². The molecule has 0 aliphatic rings. The fourth-order valence-corrected chi connectivity index (χ4v) is 2.42. The molecule has 0 fully saturated rings. The number of benzene rings is 2. The highest BCUT2D eigenvalue weighted by Gasteiger charge is 2.17. The zero-order chi connectivity index (χ0) is 17.9. The van der Waals surface area contributed by atoms with Crippen molar-refractivity contribution < 1.29 is 9.90 Å². The second-order valence-electron chi connectivity index (χ2n) is 7.37. The standard InChI is InChI=1S/C20H26N2O2/c1-20(2,3)16-10-11-18(23)17(12-16)21-19(24)15-8-6-14(7-9-15)13-22(4)5/h6-12,23H,13H2,1-5H3,(H,21,24). The number of carbonyl (C=O) groups excluding carboxylic acids is 1. The molecule has 0 bridgehead atoms. The minimum atomic E-state index is -0.229. The number of aromatic hydroxyl groups is 1. The molecule has 24 heavy (non-hydrogen) atoms. The van der Waals surface area contributed by atoms with E-state index in [1.807, 2.05) is 38.4 Å². The van der Waals surface area contributed by atoms with Crippen molar-refractivity contribution >= 4 is 11.6 Å². The molecule has 0 unspecified atom stereocenters. The third-order valence-corrected chi connectivity index (χ3v) is 3.83. The van der Waals surface area contributed by atoms with Crippen LogP contribution in [0.15, 0.2) is 42.5 Å². The Kier molecular flexibility index (Phi) is 5.30. The third-order valence-electron chi connectivity index (χ3n) is 3.83. The monoisotopic (exact) mass is 326 g/mol. The molecule has 0 aliphatic carbocycles. The molecule has 0 aromatic heterocycles. The quantitative estimate of drug-likeness (QED) is 0.835. The Hall–Kier alpha value is -2.33. The first-order valence-electron chi connectivity index (χ1n) is 8.05. The molecule has 4 nitrogen and oxygen atoms in total. The number of nitrogens with one attached hydrogen (secondary N) is 1. The predicted molar refractivity (Wildman–Crippen MR) is 98.6 cm³/mol. The maximum absolute atomic E-state index is 12.4. The van der Waals surface area contributed by atoms with Crippen molar-refractivity contribution in [3.63, 3.8) is 0 Å². The van der Waals surface area contributed by atoms with Crippen LogP contribution >= 0.6 is 0 Å². The zero-order valence-electron chi connectivity index (χ0n) is 15.1. The molecule has 128 valence electrons. The lowest BCUT2D eigenvalue weighted by atomic mass is 9.87. The maximum atomic E-state index is 12.4. The molecule has 0 spiro atoms. The summed E-state index contributed by atoms with van der Waals surface area (Å²) in [6, 6.07) is 12.8. The van der Waals surface area contributed by atoms with Gasteiger partial charge in [0.05, 0.1) is 5.69 Å². The summed E-state index contributed by atoms with van der Waals surface area (Å²) in [6.07, 6.45) is 0. The van der Waals surface area contributed by atoms with Crippen LogP contribution in [0.4, 0.5) is 5.69 Å². The second-order valence-corrected chi connectivity index (χ2v) is 7.37. The van der Waals surface area contributed by atoms with Crippen LogP contribution in [0.1, 0.15) is 42.3 Å². The van der Waals surface area contributed by atoms with Crippen LogP contribution in [-0.2, 0) is 12.0 Å². The number of carbonyl (C=O) groups is 1. The highest BCUT2D eigenvalue weighted by Crippen LogP contribution is 2.31. The Morgan fingerprint density at radius 3 is 2.25 bits per heavy atom. The first-order chi connectivity index (χ1) is 11.2.